The topological polar surface area (TPSA) is 13.0 Å². The minimum absolute atomic E-state index is 0.919. The molecule has 0 aliphatic carbocycles. The van der Waals surface area contributed by atoms with Crippen LogP contribution in [0.25, 0.3) is 0 Å². The summed E-state index contributed by atoms with van der Waals surface area (Å²) in [6.07, 6.45) is 8.25. The maximum atomic E-state index is 2.61. The number of rotatable bonds is 9. The van der Waals surface area contributed by atoms with Crippen molar-refractivity contribution in [1.29, 1.82) is 0 Å². The first kappa shape index (κ1) is 27.8. The van der Waals surface area contributed by atoms with Gasteiger partial charge in [-0.15, -0.1) is 0 Å². The molecule has 4 heteroatoms. The molecule has 2 fully saturated rings. The van der Waals surface area contributed by atoms with Gasteiger partial charge in [-0.1, -0.05) is 53.9 Å². The molecule has 0 spiro atoms. The zero-order chi connectivity index (χ0) is 21.2. The third-order valence-electron chi connectivity index (χ3n) is 6.14. The molecule has 2 saturated heterocycles. The van der Waals surface area contributed by atoms with Gasteiger partial charge in [0.05, 0.1) is 0 Å². The van der Waals surface area contributed by atoms with Gasteiger partial charge in [0.25, 0.3) is 0 Å². The van der Waals surface area contributed by atoms with E-state index in [9.17, 15) is 0 Å². The second-order valence-corrected chi connectivity index (χ2v) is 8.65. The van der Waals surface area contributed by atoms with Crippen LogP contribution in [0.3, 0.4) is 0 Å². The van der Waals surface area contributed by atoms with Gasteiger partial charge in [0.15, 0.2) is 0 Å². The van der Waals surface area contributed by atoms with Crippen molar-refractivity contribution in [2.45, 2.75) is 73.1 Å². The maximum absolute atomic E-state index is 2.61. The van der Waals surface area contributed by atoms with E-state index in [1.165, 1.54) is 104 Å². The van der Waals surface area contributed by atoms with Gasteiger partial charge in [-0.25, -0.2) is 0 Å². The van der Waals surface area contributed by atoms with Crippen molar-refractivity contribution in [3.8, 4) is 0 Å². The molecule has 0 saturated carbocycles. The molecule has 0 bridgehead atoms. The summed E-state index contributed by atoms with van der Waals surface area (Å²) in [4.78, 5) is 10.0. The molecule has 0 aromatic carbocycles. The van der Waals surface area contributed by atoms with E-state index in [2.05, 4.69) is 54.5 Å². The Balaban J connectivity index is 0.000000483. The van der Waals surface area contributed by atoms with Gasteiger partial charge in [0, 0.05) is 52.4 Å². The van der Waals surface area contributed by atoms with Crippen molar-refractivity contribution in [3.05, 3.63) is 0 Å². The second-order valence-electron chi connectivity index (χ2n) is 8.65. The van der Waals surface area contributed by atoms with Crippen molar-refractivity contribution < 1.29 is 0 Å². The largest absolute Gasteiger partial charge is 0.304 e. The van der Waals surface area contributed by atoms with E-state index in [0.717, 1.165) is 5.92 Å². The lowest BCUT2D eigenvalue weighted by atomic mass is 10.0. The van der Waals surface area contributed by atoms with E-state index in [1.54, 1.807) is 0 Å². The fraction of sp³-hybridized carbons (Fsp3) is 1.00. The monoisotopic (exact) mass is 398 g/mol. The molecule has 2 aliphatic rings. The highest BCUT2D eigenvalue weighted by molar-refractivity contribution is 4.69. The van der Waals surface area contributed by atoms with E-state index >= 15 is 0 Å². The molecule has 0 aromatic rings. The average molecular weight is 399 g/mol. The number of piperazine rings is 2. The average Bonchev–Trinajstić information content (AvgIpc) is 2.73. The molecule has 0 amide bonds. The normalized spacial score (nSPS) is 20.7. The molecule has 2 heterocycles. The molecular formula is C24H54N4. The zero-order valence-electron chi connectivity index (χ0n) is 20.7. The Hall–Kier alpha value is -0.160. The Kier molecular flexibility index (Phi) is 18.7. The predicted octanol–water partition coefficient (Wildman–Crippen LogP) is 4.51. The lowest BCUT2D eigenvalue weighted by molar-refractivity contribution is 0.150. The number of hydrogen-bond acceptors (Lipinski definition) is 4. The van der Waals surface area contributed by atoms with Gasteiger partial charge in [-0.2, -0.15) is 0 Å². The molecule has 1 atom stereocenters. The molecule has 0 N–H and O–H groups in total. The number of hydrogen-bond donors (Lipinski definition) is 0. The number of unbranched alkanes of at least 4 members (excludes halogenated alkanes) is 2. The molecule has 1 unspecified atom stereocenters. The zero-order valence-corrected chi connectivity index (χ0v) is 20.7. The highest BCUT2D eigenvalue weighted by Gasteiger charge is 2.13. The molecule has 2 aliphatic heterocycles. The first-order valence-corrected chi connectivity index (χ1v) is 12.4. The summed E-state index contributed by atoms with van der Waals surface area (Å²) in [7, 11) is 4.43. The Labute approximate surface area is 178 Å². The lowest BCUT2D eigenvalue weighted by Crippen LogP contribution is -2.44. The van der Waals surface area contributed by atoms with Crippen LogP contribution < -0.4 is 0 Å². The smallest absolute Gasteiger partial charge is 0.0110 e. The molecule has 0 aromatic heterocycles. The summed E-state index contributed by atoms with van der Waals surface area (Å²) in [5, 5.41) is 0. The summed E-state index contributed by atoms with van der Waals surface area (Å²) < 4.78 is 0. The standard InChI is InChI=1S/C12H26N2.C10H22N2.C2H6/c1-4-12(2)6-5-7-14-10-8-13(3)9-11-14;1-3-4-5-6-12-9-7-11(2)8-10-12;1-2/h12H,4-11H2,1-3H3;3-10H2,1-2H3;1-2H3. The van der Waals surface area contributed by atoms with Gasteiger partial charge in [0.1, 0.15) is 0 Å². The van der Waals surface area contributed by atoms with Gasteiger partial charge < -0.3 is 19.6 Å². The quantitative estimate of drug-likeness (QED) is 0.530. The molecular weight excluding hydrogens is 344 g/mol. The third-order valence-corrected chi connectivity index (χ3v) is 6.14. The summed E-state index contributed by atoms with van der Waals surface area (Å²) in [5.41, 5.74) is 0. The fourth-order valence-electron chi connectivity index (χ4n) is 3.60. The van der Waals surface area contributed by atoms with Gasteiger partial charge in [-0.3, -0.25) is 0 Å². The second kappa shape index (κ2) is 18.8. The summed E-state index contributed by atoms with van der Waals surface area (Å²) in [6.45, 7) is 23.7. The molecule has 170 valence electrons. The first-order valence-electron chi connectivity index (χ1n) is 12.4. The Morgan fingerprint density at radius 1 is 0.643 bits per heavy atom. The highest BCUT2D eigenvalue weighted by atomic mass is 15.2. The summed E-state index contributed by atoms with van der Waals surface area (Å²) >= 11 is 0. The van der Waals surface area contributed by atoms with Crippen molar-refractivity contribution >= 4 is 0 Å². The minimum atomic E-state index is 0.919. The van der Waals surface area contributed by atoms with E-state index < -0.39 is 0 Å². The van der Waals surface area contributed by atoms with Crippen LogP contribution in [-0.2, 0) is 0 Å². The van der Waals surface area contributed by atoms with Crippen LogP contribution in [0.5, 0.6) is 0 Å². The third kappa shape index (κ3) is 14.8. The van der Waals surface area contributed by atoms with Crippen LogP contribution in [0, 0.1) is 5.92 Å². The summed E-state index contributed by atoms with van der Waals surface area (Å²) in [6, 6.07) is 0. The predicted molar refractivity (Wildman–Crippen MR) is 127 cm³/mol. The van der Waals surface area contributed by atoms with Crippen LogP contribution in [0.1, 0.15) is 73.1 Å². The maximum Gasteiger partial charge on any atom is 0.0110 e. The van der Waals surface area contributed by atoms with Crippen LogP contribution in [-0.4, -0.2) is 99.1 Å². The van der Waals surface area contributed by atoms with E-state index in [4.69, 9.17) is 0 Å². The van der Waals surface area contributed by atoms with Crippen LogP contribution in [0.15, 0.2) is 0 Å². The first-order chi connectivity index (χ1) is 13.5. The Morgan fingerprint density at radius 2 is 1.07 bits per heavy atom. The van der Waals surface area contributed by atoms with Crippen molar-refractivity contribution in [3.63, 3.8) is 0 Å². The van der Waals surface area contributed by atoms with E-state index in [0.29, 0.717) is 0 Å². The van der Waals surface area contributed by atoms with Crippen LogP contribution in [0.2, 0.25) is 0 Å². The van der Waals surface area contributed by atoms with E-state index in [1.807, 2.05) is 13.8 Å². The molecule has 2 rings (SSSR count). The molecule has 28 heavy (non-hydrogen) atoms. The Morgan fingerprint density at radius 3 is 1.46 bits per heavy atom. The molecule has 4 nitrogen and oxygen atoms in total. The van der Waals surface area contributed by atoms with E-state index in [-0.39, 0.29) is 0 Å². The van der Waals surface area contributed by atoms with Crippen molar-refractivity contribution in [2.24, 2.45) is 5.92 Å². The van der Waals surface area contributed by atoms with Gasteiger partial charge in [0.2, 0.25) is 0 Å². The Bertz CT molecular complexity index is 308. The van der Waals surface area contributed by atoms with Gasteiger partial charge >= 0.3 is 0 Å². The fourth-order valence-corrected chi connectivity index (χ4v) is 3.60. The lowest BCUT2D eigenvalue weighted by Gasteiger charge is -2.32. The number of nitrogens with zero attached hydrogens (tertiary/aromatic N) is 4. The SMILES string of the molecule is CC.CCC(C)CCCN1CCN(C)CC1.CCCCCN1CCN(C)CC1. The van der Waals surface area contributed by atoms with Crippen LogP contribution in [0.4, 0.5) is 0 Å². The van der Waals surface area contributed by atoms with Crippen molar-refractivity contribution in [1.82, 2.24) is 19.6 Å². The number of likely N-dealkylation sites (N-methyl/N-ethyl adjacent to an activating group) is 2. The van der Waals surface area contributed by atoms with Gasteiger partial charge in [-0.05, 0) is 52.4 Å². The van der Waals surface area contributed by atoms with Crippen molar-refractivity contribution in [2.75, 3.05) is 79.5 Å². The minimum Gasteiger partial charge on any atom is -0.304 e. The van der Waals surface area contributed by atoms with Crippen LogP contribution >= 0.6 is 0 Å². The summed E-state index contributed by atoms with van der Waals surface area (Å²) in [5.74, 6) is 0.919. The molecule has 0 radical (unpaired) electrons. The highest BCUT2D eigenvalue weighted by Crippen LogP contribution is 2.10.